The van der Waals surface area contributed by atoms with Gasteiger partial charge in [0.2, 0.25) is 0 Å². The van der Waals surface area contributed by atoms with Crippen molar-refractivity contribution in [3.05, 3.63) is 51.3 Å². The smallest absolute Gasteiger partial charge is 0.263 e. The third-order valence-corrected chi connectivity index (χ3v) is 6.66. The summed E-state index contributed by atoms with van der Waals surface area (Å²) in [6, 6.07) is 9.16. The zero-order valence-corrected chi connectivity index (χ0v) is 16.2. The van der Waals surface area contributed by atoms with E-state index in [9.17, 15) is 8.42 Å². The lowest BCUT2D eigenvalue weighted by atomic mass is 10.2. The first kappa shape index (κ1) is 17.7. The molecule has 0 fully saturated rings. The lowest BCUT2D eigenvalue weighted by Crippen LogP contribution is -2.14. The predicted molar refractivity (Wildman–Crippen MR) is 101 cm³/mol. The first-order valence-electron chi connectivity index (χ1n) is 7.97. The van der Waals surface area contributed by atoms with Crippen molar-refractivity contribution in [2.75, 3.05) is 4.72 Å². The fraction of sp³-hybridized carbons (Fsp3) is 0.278. The largest absolute Gasteiger partial charge is 0.356 e. The van der Waals surface area contributed by atoms with Gasteiger partial charge in [0.05, 0.1) is 11.3 Å². The summed E-state index contributed by atoms with van der Waals surface area (Å²) >= 11 is 1.44. The molecule has 0 aliphatic heterocycles. The highest BCUT2D eigenvalue weighted by molar-refractivity contribution is 7.93. The molecule has 2 aromatic heterocycles. The van der Waals surface area contributed by atoms with Crippen LogP contribution in [-0.4, -0.2) is 13.6 Å². The maximum Gasteiger partial charge on any atom is 0.263 e. The summed E-state index contributed by atoms with van der Waals surface area (Å²) in [5, 5.41) is 3.88. The number of rotatable bonds is 5. The van der Waals surface area contributed by atoms with E-state index in [0.29, 0.717) is 22.7 Å². The van der Waals surface area contributed by atoms with E-state index in [1.54, 1.807) is 25.1 Å². The monoisotopic (exact) mass is 376 g/mol. The third-order valence-electron chi connectivity index (χ3n) is 3.96. The van der Waals surface area contributed by atoms with Gasteiger partial charge >= 0.3 is 0 Å². The van der Waals surface area contributed by atoms with Gasteiger partial charge in [0, 0.05) is 21.5 Å². The Hall–Kier alpha value is -2.12. The molecule has 0 saturated heterocycles. The van der Waals surface area contributed by atoms with Crippen LogP contribution in [0, 0.1) is 20.8 Å². The minimum absolute atomic E-state index is 0.255. The molecule has 0 radical (unpaired) electrons. The Kier molecular flexibility index (Phi) is 4.71. The van der Waals surface area contributed by atoms with Crippen LogP contribution in [0.4, 0.5) is 5.69 Å². The van der Waals surface area contributed by atoms with Gasteiger partial charge in [-0.25, -0.2) is 8.42 Å². The SMILES string of the molecule is CCc1ccc(NS(=O)(=O)c2c(C)sc(C)c2-c2cc(C)no2)cc1. The van der Waals surface area contributed by atoms with Crippen LogP contribution in [0.15, 0.2) is 39.8 Å². The zero-order chi connectivity index (χ0) is 18.2. The van der Waals surface area contributed by atoms with Crippen molar-refractivity contribution < 1.29 is 12.9 Å². The van der Waals surface area contributed by atoms with Crippen LogP contribution in [0.25, 0.3) is 11.3 Å². The summed E-state index contributed by atoms with van der Waals surface area (Å²) in [6.07, 6.45) is 0.908. The van der Waals surface area contributed by atoms with Gasteiger partial charge in [-0.3, -0.25) is 4.72 Å². The molecule has 0 atom stereocenters. The maximum atomic E-state index is 13.0. The van der Waals surface area contributed by atoms with Gasteiger partial charge in [-0.15, -0.1) is 11.3 Å². The molecule has 132 valence electrons. The van der Waals surface area contributed by atoms with Gasteiger partial charge in [0.1, 0.15) is 4.90 Å². The van der Waals surface area contributed by atoms with Gasteiger partial charge in [-0.2, -0.15) is 0 Å². The summed E-state index contributed by atoms with van der Waals surface area (Å²) in [4.78, 5) is 1.86. The molecule has 3 rings (SSSR count). The standard InChI is InChI=1S/C18H20N2O3S2/c1-5-14-6-8-15(9-7-14)20-25(21,22)18-13(4)24-12(3)17(18)16-10-11(2)19-23-16/h6-10,20H,5H2,1-4H3. The fourth-order valence-corrected chi connectivity index (χ4v) is 5.69. The number of hydrogen-bond acceptors (Lipinski definition) is 5. The second-order valence-corrected chi connectivity index (χ2v) is 8.96. The molecule has 5 nitrogen and oxygen atoms in total. The first-order chi connectivity index (χ1) is 11.8. The minimum Gasteiger partial charge on any atom is -0.356 e. The molecular formula is C18H20N2O3S2. The van der Waals surface area contributed by atoms with E-state index in [-0.39, 0.29) is 4.90 Å². The van der Waals surface area contributed by atoms with Gasteiger partial charge in [0.25, 0.3) is 10.0 Å². The van der Waals surface area contributed by atoms with E-state index >= 15 is 0 Å². The van der Waals surface area contributed by atoms with E-state index in [0.717, 1.165) is 21.7 Å². The number of hydrogen-bond donors (Lipinski definition) is 1. The average molecular weight is 377 g/mol. The normalized spacial score (nSPS) is 11.7. The van der Waals surface area contributed by atoms with Crippen LogP contribution in [0.2, 0.25) is 0 Å². The van der Waals surface area contributed by atoms with Crippen LogP contribution in [-0.2, 0) is 16.4 Å². The van der Waals surface area contributed by atoms with Crippen molar-refractivity contribution in [3.8, 4) is 11.3 Å². The predicted octanol–water partition coefficient (Wildman–Crippen LogP) is 4.69. The number of nitrogens with zero attached hydrogens (tertiary/aromatic N) is 1. The molecule has 1 N–H and O–H groups in total. The van der Waals surface area contributed by atoms with Crippen molar-refractivity contribution in [1.29, 1.82) is 0 Å². The number of aromatic nitrogens is 1. The van der Waals surface area contributed by atoms with Gasteiger partial charge < -0.3 is 4.52 Å². The highest BCUT2D eigenvalue weighted by Gasteiger charge is 2.28. The van der Waals surface area contributed by atoms with Crippen molar-refractivity contribution in [2.45, 2.75) is 39.0 Å². The number of nitrogens with one attached hydrogen (secondary N) is 1. The third kappa shape index (κ3) is 3.48. The van der Waals surface area contributed by atoms with E-state index in [2.05, 4.69) is 16.8 Å². The summed E-state index contributed by atoms with van der Waals surface area (Å²) < 4.78 is 34.0. The molecule has 0 saturated carbocycles. The highest BCUT2D eigenvalue weighted by Crippen LogP contribution is 2.39. The molecule has 3 aromatic rings. The quantitative estimate of drug-likeness (QED) is 0.701. The molecule has 0 aliphatic rings. The molecule has 25 heavy (non-hydrogen) atoms. The second-order valence-electron chi connectivity index (χ2n) is 5.91. The molecule has 7 heteroatoms. The number of thiophene rings is 1. The van der Waals surface area contributed by atoms with Gasteiger partial charge in [-0.1, -0.05) is 24.2 Å². The number of sulfonamides is 1. The molecule has 0 bridgehead atoms. The molecule has 0 spiro atoms. The average Bonchev–Trinajstić information content (AvgIpc) is 3.10. The first-order valence-corrected chi connectivity index (χ1v) is 10.3. The zero-order valence-electron chi connectivity index (χ0n) is 14.6. The van der Waals surface area contributed by atoms with Crippen molar-refractivity contribution in [3.63, 3.8) is 0 Å². The van der Waals surface area contributed by atoms with E-state index in [1.165, 1.54) is 11.3 Å². The summed E-state index contributed by atoms with van der Waals surface area (Å²) in [5.74, 6) is 0.473. The van der Waals surface area contributed by atoms with Crippen LogP contribution in [0.5, 0.6) is 0 Å². The van der Waals surface area contributed by atoms with Crippen molar-refractivity contribution in [2.24, 2.45) is 0 Å². The molecular weight excluding hydrogens is 356 g/mol. The summed E-state index contributed by atoms with van der Waals surface area (Å²) in [7, 11) is -3.74. The van der Waals surface area contributed by atoms with Crippen LogP contribution in [0.3, 0.4) is 0 Å². The van der Waals surface area contributed by atoms with Crippen LogP contribution in [0.1, 0.15) is 27.9 Å². The summed E-state index contributed by atoms with van der Waals surface area (Å²) in [5.41, 5.74) is 2.99. The number of benzene rings is 1. The Morgan fingerprint density at radius 3 is 2.36 bits per heavy atom. The number of anilines is 1. The molecule has 2 heterocycles. The minimum atomic E-state index is -3.74. The Balaban J connectivity index is 2.05. The molecule has 0 unspecified atom stereocenters. The van der Waals surface area contributed by atoms with E-state index < -0.39 is 10.0 Å². The van der Waals surface area contributed by atoms with Gasteiger partial charge in [0.15, 0.2) is 5.76 Å². The van der Waals surface area contributed by atoms with Gasteiger partial charge in [-0.05, 0) is 44.9 Å². The van der Waals surface area contributed by atoms with E-state index in [4.69, 9.17) is 4.52 Å². The van der Waals surface area contributed by atoms with Crippen molar-refractivity contribution in [1.82, 2.24) is 5.16 Å². The second kappa shape index (κ2) is 6.65. The van der Waals surface area contributed by atoms with Crippen molar-refractivity contribution >= 4 is 27.0 Å². The molecule has 1 aromatic carbocycles. The Morgan fingerprint density at radius 2 is 1.80 bits per heavy atom. The fourth-order valence-electron chi connectivity index (χ4n) is 2.77. The maximum absolute atomic E-state index is 13.0. The van der Waals surface area contributed by atoms with Crippen LogP contribution >= 0.6 is 11.3 Å². The Bertz CT molecular complexity index is 1000. The Labute approximate surface area is 151 Å². The Morgan fingerprint density at radius 1 is 1.12 bits per heavy atom. The molecule has 0 aliphatic carbocycles. The summed E-state index contributed by atoms with van der Waals surface area (Å²) in [6.45, 7) is 7.56. The molecule has 0 amide bonds. The van der Waals surface area contributed by atoms with E-state index in [1.807, 2.05) is 26.0 Å². The number of aryl methyl sites for hydroxylation is 4. The lowest BCUT2D eigenvalue weighted by Gasteiger charge is -2.10. The topological polar surface area (TPSA) is 72.2 Å². The lowest BCUT2D eigenvalue weighted by molar-refractivity contribution is 0.426. The highest BCUT2D eigenvalue weighted by atomic mass is 32.2. The van der Waals surface area contributed by atoms with Crippen LogP contribution < -0.4 is 4.72 Å².